The van der Waals surface area contributed by atoms with Gasteiger partial charge in [0.2, 0.25) is 0 Å². The Bertz CT molecular complexity index is 4340. The van der Waals surface area contributed by atoms with Gasteiger partial charge in [-0.3, -0.25) is 0 Å². The molecule has 14 aromatic rings. The van der Waals surface area contributed by atoms with E-state index < -0.39 is 5.41 Å². The van der Waals surface area contributed by atoms with Crippen molar-refractivity contribution < 1.29 is 0 Å². The summed E-state index contributed by atoms with van der Waals surface area (Å²) in [6, 6.07) is 106. The van der Waals surface area contributed by atoms with Gasteiger partial charge in [0.25, 0.3) is 0 Å². The van der Waals surface area contributed by atoms with Gasteiger partial charge in [-0.05, 0) is 127 Å². The fourth-order valence-electron chi connectivity index (χ4n) is 12.3. The Balaban J connectivity index is 0.966. The lowest BCUT2D eigenvalue weighted by atomic mass is 9.67. The minimum atomic E-state index is -0.664. The average molecular weight is 1000 g/mol. The van der Waals surface area contributed by atoms with Crippen molar-refractivity contribution in [1.82, 2.24) is 0 Å². The van der Waals surface area contributed by atoms with E-state index in [0.717, 1.165) is 17.1 Å². The van der Waals surface area contributed by atoms with E-state index in [9.17, 15) is 0 Å². The van der Waals surface area contributed by atoms with Gasteiger partial charge < -0.3 is 4.90 Å². The van der Waals surface area contributed by atoms with E-state index in [-0.39, 0.29) is 0 Å². The maximum Gasteiger partial charge on any atom is 0.0714 e. The summed E-state index contributed by atoms with van der Waals surface area (Å²) < 4.78 is 5.26. The van der Waals surface area contributed by atoms with Crippen molar-refractivity contribution in [1.29, 1.82) is 0 Å². The fraction of sp³-hybridized carbons (Fsp3) is 0.0137. The zero-order chi connectivity index (χ0) is 50.2. The van der Waals surface area contributed by atoms with Gasteiger partial charge in [0.05, 0.1) is 11.1 Å². The van der Waals surface area contributed by atoms with Crippen LogP contribution in [0.1, 0.15) is 22.3 Å². The SMILES string of the molecule is c1ccc(-c2cccc(C3(c4ccccc4)c4cc(-c5ccccc5)ccc4-c4c(N(c5ccc(-c6cccc7c6sc6ccccc67)cc5)c5ccc(-c6cccc7c6sc6ccccc67)cc5)cccc43)c2)cc1. The molecule has 0 bridgehead atoms. The molecule has 1 nitrogen and oxygen atoms in total. The summed E-state index contributed by atoms with van der Waals surface area (Å²) >= 11 is 3.76. The molecule has 12 aromatic carbocycles. The third-order valence-corrected chi connectivity index (χ3v) is 18.2. The molecule has 1 unspecified atom stereocenters. The molecule has 2 aromatic heterocycles. The van der Waals surface area contributed by atoms with Crippen LogP contribution in [0.5, 0.6) is 0 Å². The van der Waals surface area contributed by atoms with Crippen LogP contribution in [-0.4, -0.2) is 0 Å². The van der Waals surface area contributed by atoms with Crippen LogP contribution in [0.15, 0.2) is 285 Å². The van der Waals surface area contributed by atoms with E-state index >= 15 is 0 Å². The Morgan fingerprint density at radius 1 is 0.276 bits per heavy atom. The molecule has 76 heavy (non-hydrogen) atoms. The summed E-state index contributed by atoms with van der Waals surface area (Å²) in [6.07, 6.45) is 0. The van der Waals surface area contributed by atoms with Crippen molar-refractivity contribution >= 4 is 80.1 Å². The minimum Gasteiger partial charge on any atom is -0.310 e. The zero-order valence-corrected chi connectivity index (χ0v) is 43.0. The van der Waals surface area contributed by atoms with Crippen LogP contribution >= 0.6 is 22.7 Å². The largest absolute Gasteiger partial charge is 0.310 e. The van der Waals surface area contributed by atoms with Crippen LogP contribution < -0.4 is 4.90 Å². The molecule has 1 atom stereocenters. The second-order valence-electron chi connectivity index (χ2n) is 19.9. The van der Waals surface area contributed by atoms with Crippen LogP contribution in [0.2, 0.25) is 0 Å². The third-order valence-electron chi connectivity index (χ3n) is 15.8. The van der Waals surface area contributed by atoms with Crippen molar-refractivity contribution in [3.63, 3.8) is 0 Å². The van der Waals surface area contributed by atoms with Crippen molar-refractivity contribution in [2.24, 2.45) is 0 Å². The predicted molar refractivity (Wildman–Crippen MR) is 326 cm³/mol. The molecule has 2 heterocycles. The van der Waals surface area contributed by atoms with Gasteiger partial charge in [-0.2, -0.15) is 0 Å². The van der Waals surface area contributed by atoms with Crippen LogP contribution in [0.3, 0.4) is 0 Å². The highest BCUT2D eigenvalue weighted by Gasteiger charge is 2.48. The molecule has 1 aliphatic rings. The topological polar surface area (TPSA) is 3.24 Å². The maximum absolute atomic E-state index is 2.50. The minimum absolute atomic E-state index is 0.664. The lowest BCUT2D eigenvalue weighted by Gasteiger charge is -2.35. The van der Waals surface area contributed by atoms with E-state index in [2.05, 4.69) is 290 Å². The quantitative estimate of drug-likeness (QED) is 0.139. The summed E-state index contributed by atoms with van der Waals surface area (Å²) in [4.78, 5) is 2.50. The monoisotopic (exact) mass is 1000 g/mol. The first-order valence-electron chi connectivity index (χ1n) is 26.1. The second kappa shape index (κ2) is 18.1. The Morgan fingerprint density at radius 2 is 0.724 bits per heavy atom. The summed E-state index contributed by atoms with van der Waals surface area (Å²) in [5, 5.41) is 5.24. The molecular weight excluding hydrogens is 955 g/mol. The zero-order valence-electron chi connectivity index (χ0n) is 41.4. The van der Waals surface area contributed by atoms with Gasteiger partial charge in [-0.1, -0.05) is 231 Å². The number of rotatable bonds is 9. The van der Waals surface area contributed by atoms with Gasteiger partial charge in [-0.25, -0.2) is 0 Å². The Labute approximate surface area is 450 Å². The summed E-state index contributed by atoms with van der Waals surface area (Å²) in [5.74, 6) is 0. The maximum atomic E-state index is 2.50. The number of nitrogens with zero attached hydrogens (tertiary/aromatic N) is 1. The molecular formula is C73H47NS2. The van der Waals surface area contributed by atoms with Crippen molar-refractivity contribution in [2.75, 3.05) is 4.90 Å². The molecule has 1 aliphatic carbocycles. The number of hydrogen-bond acceptors (Lipinski definition) is 3. The third kappa shape index (κ3) is 7.04. The molecule has 3 heteroatoms. The molecule has 0 N–H and O–H groups in total. The molecule has 0 spiro atoms. The van der Waals surface area contributed by atoms with Crippen molar-refractivity contribution in [3.05, 3.63) is 307 Å². The molecule has 0 radical (unpaired) electrons. The van der Waals surface area contributed by atoms with Crippen LogP contribution in [0, 0.1) is 0 Å². The predicted octanol–water partition coefficient (Wildman–Crippen LogP) is 20.9. The number of thiophene rings is 2. The Morgan fingerprint density at radius 3 is 1.30 bits per heavy atom. The number of hydrogen-bond donors (Lipinski definition) is 0. The lowest BCUT2D eigenvalue weighted by Crippen LogP contribution is -2.28. The van der Waals surface area contributed by atoms with Gasteiger partial charge >= 0.3 is 0 Å². The first kappa shape index (κ1) is 44.4. The second-order valence-corrected chi connectivity index (χ2v) is 22.0. The first-order chi connectivity index (χ1) is 37.7. The summed E-state index contributed by atoms with van der Waals surface area (Å²) in [7, 11) is 0. The Hall–Kier alpha value is -9.12. The normalized spacial score (nSPS) is 13.8. The highest BCUT2D eigenvalue weighted by molar-refractivity contribution is 7.26. The van der Waals surface area contributed by atoms with Gasteiger partial charge in [0.15, 0.2) is 0 Å². The Kier molecular flexibility index (Phi) is 10.6. The average Bonchev–Trinajstić information content (AvgIpc) is 4.18. The van der Waals surface area contributed by atoms with E-state index in [0.29, 0.717) is 0 Å². The van der Waals surface area contributed by atoms with Gasteiger partial charge in [-0.15, -0.1) is 22.7 Å². The van der Waals surface area contributed by atoms with E-state index in [1.165, 1.54) is 118 Å². The molecule has 0 aliphatic heterocycles. The lowest BCUT2D eigenvalue weighted by molar-refractivity contribution is 0.769. The number of anilines is 3. The van der Waals surface area contributed by atoms with E-state index in [1.54, 1.807) is 0 Å². The molecule has 0 saturated heterocycles. The highest BCUT2D eigenvalue weighted by Crippen LogP contribution is 2.60. The highest BCUT2D eigenvalue weighted by atomic mass is 32.1. The summed E-state index contributed by atoms with van der Waals surface area (Å²) in [6.45, 7) is 0. The van der Waals surface area contributed by atoms with Crippen LogP contribution in [0.25, 0.3) is 96.0 Å². The van der Waals surface area contributed by atoms with Crippen LogP contribution in [-0.2, 0) is 5.41 Å². The number of benzene rings is 12. The molecule has 15 rings (SSSR count). The summed E-state index contributed by atoms with van der Waals surface area (Å²) in [5.41, 5.74) is 19.8. The number of fused-ring (bicyclic) bond motifs is 9. The smallest absolute Gasteiger partial charge is 0.0714 e. The van der Waals surface area contributed by atoms with Crippen LogP contribution in [0.4, 0.5) is 17.1 Å². The van der Waals surface area contributed by atoms with Gasteiger partial charge in [0, 0.05) is 57.3 Å². The molecule has 0 fully saturated rings. The first-order valence-corrected chi connectivity index (χ1v) is 27.7. The molecule has 356 valence electrons. The van der Waals surface area contributed by atoms with Gasteiger partial charge in [0.1, 0.15) is 0 Å². The van der Waals surface area contributed by atoms with Crippen molar-refractivity contribution in [2.45, 2.75) is 5.41 Å². The van der Waals surface area contributed by atoms with E-state index in [1.807, 2.05) is 22.7 Å². The van der Waals surface area contributed by atoms with E-state index in [4.69, 9.17) is 0 Å². The molecule has 0 amide bonds. The molecule has 0 saturated carbocycles. The fourth-order valence-corrected chi connectivity index (χ4v) is 14.8. The standard InChI is InChI=1S/C73H47NS2/c1-4-18-48(19-5-1)52-22-14-25-55(46-52)73(54-23-8-3-9-24-54)65-32-17-33-67(70(65)64-45-40-53(47-66(64)73)49-20-6-2-7-21-49)74(56-41-36-50(37-42-56)58-28-15-30-62-60-26-10-12-34-68(60)75-71(58)62)57-43-38-51(39-44-57)59-29-16-31-63-61-27-11-13-35-69(61)76-72(59)63/h1-47H. The van der Waals surface area contributed by atoms with Crippen molar-refractivity contribution in [3.8, 4) is 55.6 Å².